The van der Waals surface area contributed by atoms with Gasteiger partial charge in [-0.1, -0.05) is 23.1 Å². The van der Waals surface area contributed by atoms with E-state index in [9.17, 15) is 4.79 Å². The van der Waals surface area contributed by atoms with E-state index in [0.29, 0.717) is 18.2 Å². The molecule has 1 saturated heterocycles. The van der Waals surface area contributed by atoms with E-state index in [1.165, 1.54) is 0 Å². The molecule has 0 spiro atoms. The van der Waals surface area contributed by atoms with Crippen molar-refractivity contribution >= 4 is 40.2 Å². The number of rotatable bonds is 6. The molecule has 1 fully saturated rings. The second-order valence-electron chi connectivity index (χ2n) is 6.25. The number of fused-ring (bicyclic) bond motifs is 1. The van der Waals surface area contributed by atoms with Crippen LogP contribution in [-0.4, -0.2) is 56.2 Å². The summed E-state index contributed by atoms with van der Waals surface area (Å²) in [6.07, 6.45) is 5.36. The van der Waals surface area contributed by atoms with Gasteiger partial charge in [0, 0.05) is 37.8 Å². The smallest absolute Gasteiger partial charge is 0.252 e. The van der Waals surface area contributed by atoms with Crippen molar-refractivity contribution < 1.29 is 9.53 Å². The van der Waals surface area contributed by atoms with Crippen molar-refractivity contribution in [3.8, 4) is 0 Å². The molecular formula is C17H20N6O2S2. The molecule has 3 aromatic heterocycles. The van der Waals surface area contributed by atoms with Gasteiger partial charge in [0.2, 0.25) is 0 Å². The Balaban J connectivity index is 1.36. The fraction of sp³-hybridized carbons (Fsp3) is 0.471. The quantitative estimate of drug-likeness (QED) is 0.498. The summed E-state index contributed by atoms with van der Waals surface area (Å²) in [7, 11) is 0. The van der Waals surface area contributed by atoms with E-state index in [1.807, 2.05) is 13.3 Å². The molecule has 0 aliphatic carbocycles. The minimum absolute atomic E-state index is 0.140. The summed E-state index contributed by atoms with van der Waals surface area (Å²) in [5.41, 5.74) is 2.09. The Morgan fingerprint density at radius 2 is 2.22 bits per heavy atom. The van der Waals surface area contributed by atoms with E-state index in [-0.39, 0.29) is 5.91 Å². The summed E-state index contributed by atoms with van der Waals surface area (Å²) in [5.74, 6) is 0.605. The second-order valence-corrected chi connectivity index (χ2v) is 8.78. The van der Waals surface area contributed by atoms with Gasteiger partial charge in [0.05, 0.1) is 11.9 Å². The average Bonchev–Trinajstić information content (AvgIpc) is 3.31. The number of thioether (sulfide) groups is 1. The molecule has 3 aromatic rings. The number of hydrogen-bond donors (Lipinski definition) is 1. The van der Waals surface area contributed by atoms with Gasteiger partial charge in [-0.2, -0.15) is 0 Å². The van der Waals surface area contributed by atoms with E-state index < -0.39 is 0 Å². The number of pyridine rings is 1. The molecular weight excluding hydrogens is 384 g/mol. The van der Waals surface area contributed by atoms with Crippen molar-refractivity contribution in [3.63, 3.8) is 0 Å². The fourth-order valence-corrected chi connectivity index (χ4v) is 4.76. The van der Waals surface area contributed by atoms with Crippen LogP contribution < -0.4 is 5.32 Å². The Morgan fingerprint density at radius 3 is 3.00 bits per heavy atom. The Kier molecular flexibility index (Phi) is 5.65. The number of carbonyl (C=O) groups excluding carboxylic acids is 1. The highest BCUT2D eigenvalue weighted by Crippen LogP contribution is 2.25. The van der Waals surface area contributed by atoms with Gasteiger partial charge in [0.15, 0.2) is 9.99 Å². The van der Waals surface area contributed by atoms with E-state index in [2.05, 4.69) is 30.0 Å². The maximum atomic E-state index is 12.4. The Morgan fingerprint density at radius 1 is 1.37 bits per heavy atom. The van der Waals surface area contributed by atoms with Crippen LogP contribution in [0, 0.1) is 6.92 Å². The average molecular weight is 405 g/mol. The number of aryl methyl sites for hydroxylation is 1. The standard InChI is InChI=1S/C17H20N6O2S2/c1-11-21-22-17(27-11)26-7-4-18-16(24)12-8-14-15(19-9-12)23(10-20-14)13-2-5-25-6-3-13/h8-10,13H,2-7H2,1H3,(H,18,24). The number of aromatic nitrogens is 5. The molecule has 0 saturated carbocycles. The van der Waals surface area contributed by atoms with Gasteiger partial charge in [0.25, 0.3) is 5.91 Å². The largest absolute Gasteiger partial charge is 0.381 e. The third-order valence-electron chi connectivity index (χ3n) is 4.38. The summed E-state index contributed by atoms with van der Waals surface area (Å²) in [6, 6.07) is 2.16. The van der Waals surface area contributed by atoms with Crippen molar-refractivity contribution in [3.05, 3.63) is 29.2 Å². The molecule has 0 atom stereocenters. The predicted octanol–water partition coefficient (Wildman–Crippen LogP) is 2.46. The van der Waals surface area contributed by atoms with E-state index in [4.69, 9.17) is 4.74 Å². The van der Waals surface area contributed by atoms with Crippen LogP contribution in [0.4, 0.5) is 0 Å². The van der Waals surface area contributed by atoms with Crippen LogP contribution in [0.5, 0.6) is 0 Å². The highest BCUT2D eigenvalue weighted by molar-refractivity contribution is 8.01. The van der Waals surface area contributed by atoms with Gasteiger partial charge in [-0.25, -0.2) is 9.97 Å². The van der Waals surface area contributed by atoms with Crippen LogP contribution >= 0.6 is 23.1 Å². The monoisotopic (exact) mass is 404 g/mol. The molecule has 0 radical (unpaired) electrons. The van der Waals surface area contributed by atoms with Crippen molar-refractivity contribution in [1.82, 2.24) is 30.0 Å². The van der Waals surface area contributed by atoms with Crippen LogP contribution in [0.3, 0.4) is 0 Å². The van der Waals surface area contributed by atoms with Gasteiger partial charge in [-0.05, 0) is 25.8 Å². The molecule has 142 valence electrons. The molecule has 4 rings (SSSR count). The first-order valence-electron chi connectivity index (χ1n) is 8.82. The summed E-state index contributed by atoms with van der Waals surface area (Å²) >= 11 is 3.15. The van der Waals surface area contributed by atoms with Crippen LogP contribution in [0.15, 0.2) is 22.9 Å². The Labute approximate surface area is 164 Å². The molecule has 0 unspecified atom stereocenters. The highest BCUT2D eigenvalue weighted by Gasteiger charge is 2.19. The molecule has 8 nitrogen and oxygen atoms in total. The van der Waals surface area contributed by atoms with Crippen molar-refractivity contribution in [2.75, 3.05) is 25.5 Å². The maximum Gasteiger partial charge on any atom is 0.252 e. The van der Waals surface area contributed by atoms with Crippen LogP contribution in [-0.2, 0) is 4.74 Å². The zero-order chi connectivity index (χ0) is 18.6. The number of imidazole rings is 1. The third kappa shape index (κ3) is 4.28. The van der Waals surface area contributed by atoms with Crippen molar-refractivity contribution in [2.45, 2.75) is 30.1 Å². The van der Waals surface area contributed by atoms with Crippen molar-refractivity contribution in [1.29, 1.82) is 0 Å². The number of ether oxygens (including phenoxy) is 1. The minimum Gasteiger partial charge on any atom is -0.381 e. The van der Waals surface area contributed by atoms with Gasteiger partial charge in [-0.15, -0.1) is 10.2 Å². The Hall–Kier alpha value is -2.04. The molecule has 0 bridgehead atoms. The van der Waals surface area contributed by atoms with Crippen LogP contribution in [0.1, 0.15) is 34.2 Å². The lowest BCUT2D eigenvalue weighted by molar-refractivity contribution is 0.0704. The molecule has 10 heteroatoms. The Bertz CT molecular complexity index is 935. The molecule has 27 heavy (non-hydrogen) atoms. The first-order valence-corrected chi connectivity index (χ1v) is 10.6. The van der Waals surface area contributed by atoms with E-state index >= 15 is 0 Å². The van der Waals surface area contributed by atoms with Gasteiger partial charge in [-0.3, -0.25) is 4.79 Å². The first kappa shape index (κ1) is 18.3. The van der Waals surface area contributed by atoms with Crippen LogP contribution in [0.2, 0.25) is 0 Å². The van der Waals surface area contributed by atoms with Gasteiger partial charge >= 0.3 is 0 Å². The zero-order valence-electron chi connectivity index (χ0n) is 14.9. The normalized spacial score (nSPS) is 15.3. The number of nitrogens with zero attached hydrogens (tertiary/aromatic N) is 5. The molecule has 1 aliphatic heterocycles. The molecule has 0 aromatic carbocycles. The fourth-order valence-electron chi connectivity index (χ4n) is 3.02. The summed E-state index contributed by atoms with van der Waals surface area (Å²) < 4.78 is 8.44. The SMILES string of the molecule is Cc1nnc(SCCNC(=O)c2cnc3c(c2)ncn3C2CCOCC2)s1. The second kappa shape index (κ2) is 8.32. The third-order valence-corrected chi connectivity index (χ3v) is 6.35. The molecule has 1 amide bonds. The van der Waals surface area contributed by atoms with Gasteiger partial charge in [0.1, 0.15) is 10.5 Å². The lowest BCUT2D eigenvalue weighted by Gasteiger charge is -2.23. The number of hydrogen-bond acceptors (Lipinski definition) is 8. The summed E-state index contributed by atoms with van der Waals surface area (Å²) in [6.45, 7) is 4.01. The molecule has 4 heterocycles. The number of carbonyl (C=O) groups is 1. The summed E-state index contributed by atoms with van der Waals surface area (Å²) in [4.78, 5) is 21.3. The van der Waals surface area contributed by atoms with Crippen LogP contribution in [0.25, 0.3) is 11.2 Å². The predicted molar refractivity (Wildman–Crippen MR) is 104 cm³/mol. The van der Waals surface area contributed by atoms with Crippen molar-refractivity contribution in [2.24, 2.45) is 0 Å². The lowest BCUT2D eigenvalue weighted by Crippen LogP contribution is -2.25. The number of amides is 1. The number of nitrogens with one attached hydrogen (secondary N) is 1. The topological polar surface area (TPSA) is 94.8 Å². The van der Waals surface area contributed by atoms with Gasteiger partial charge < -0.3 is 14.6 Å². The molecule has 1 aliphatic rings. The minimum atomic E-state index is -0.140. The molecule has 1 N–H and O–H groups in total. The lowest BCUT2D eigenvalue weighted by atomic mass is 10.1. The maximum absolute atomic E-state index is 12.4. The highest BCUT2D eigenvalue weighted by atomic mass is 32.2. The summed E-state index contributed by atoms with van der Waals surface area (Å²) in [5, 5.41) is 11.9. The van der Waals surface area contributed by atoms with E-state index in [0.717, 1.165) is 52.3 Å². The van der Waals surface area contributed by atoms with E-state index in [1.54, 1.807) is 35.4 Å². The zero-order valence-corrected chi connectivity index (χ0v) is 16.6. The first-order chi connectivity index (χ1) is 13.2.